The van der Waals surface area contributed by atoms with Crippen LogP contribution in [-0.2, 0) is 9.53 Å². The van der Waals surface area contributed by atoms with Gasteiger partial charge in [-0.3, -0.25) is 9.89 Å². The van der Waals surface area contributed by atoms with E-state index < -0.39 is 0 Å². The molecule has 0 aliphatic carbocycles. The molecular weight excluding hydrogens is 321 g/mol. The van der Waals surface area contributed by atoms with Gasteiger partial charge in [0.15, 0.2) is 0 Å². The first kappa shape index (κ1) is 17.6. The molecule has 2 atom stereocenters. The fraction of sp³-hybridized carbons (Fsp3) is 0.474. The second-order valence-corrected chi connectivity index (χ2v) is 6.93. The number of hydrogen-bond donors (Lipinski definition) is 2. The van der Waals surface area contributed by atoms with E-state index in [0.29, 0.717) is 41.8 Å². The van der Waals surface area contributed by atoms with Crippen molar-refractivity contribution in [1.29, 1.82) is 0 Å². The quantitative estimate of drug-likeness (QED) is 0.861. The normalized spacial score (nSPS) is 20.6. The number of hydrogen-bond acceptors (Lipinski definition) is 3. The maximum absolute atomic E-state index is 14.0. The highest BCUT2D eigenvalue weighted by Crippen LogP contribution is 2.30. The number of nitrogens with zero attached hydrogens (tertiary/aromatic N) is 1. The Morgan fingerprint density at radius 1 is 1.44 bits per heavy atom. The molecule has 2 aromatic rings. The molecule has 1 amide bonds. The van der Waals surface area contributed by atoms with Crippen molar-refractivity contribution in [1.82, 2.24) is 10.2 Å². The summed E-state index contributed by atoms with van der Waals surface area (Å²) >= 11 is 0. The van der Waals surface area contributed by atoms with Gasteiger partial charge in [-0.15, -0.1) is 0 Å². The monoisotopic (exact) mass is 345 g/mol. The lowest BCUT2D eigenvalue weighted by molar-refractivity contribution is -0.118. The number of carbonyl (C=O) groups is 1. The topological polar surface area (TPSA) is 67.0 Å². The second-order valence-electron chi connectivity index (χ2n) is 6.93. The van der Waals surface area contributed by atoms with Crippen LogP contribution >= 0.6 is 0 Å². The lowest BCUT2D eigenvalue weighted by atomic mass is 9.88. The van der Waals surface area contributed by atoms with Crippen molar-refractivity contribution in [3.05, 3.63) is 36.3 Å². The number of aromatic amines is 1. The summed E-state index contributed by atoms with van der Waals surface area (Å²) in [6.45, 7) is 4.98. The molecule has 0 unspecified atom stereocenters. The van der Waals surface area contributed by atoms with Crippen molar-refractivity contribution in [3.63, 3.8) is 0 Å². The van der Waals surface area contributed by atoms with Crippen LogP contribution in [0.4, 0.5) is 10.1 Å². The van der Waals surface area contributed by atoms with Crippen molar-refractivity contribution in [2.75, 3.05) is 11.9 Å². The molecule has 2 N–H and O–H groups in total. The van der Waals surface area contributed by atoms with Crippen LogP contribution in [-0.4, -0.2) is 28.8 Å². The molecule has 6 heteroatoms. The Labute approximate surface area is 147 Å². The third-order valence-electron chi connectivity index (χ3n) is 4.70. The predicted molar refractivity (Wildman–Crippen MR) is 94.5 cm³/mol. The van der Waals surface area contributed by atoms with Crippen LogP contribution in [0.5, 0.6) is 0 Å². The van der Waals surface area contributed by atoms with Crippen LogP contribution in [0.1, 0.15) is 33.1 Å². The molecule has 2 heterocycles. The lowest BCUT2D eigenvalue weighted by Gasteiger charge is -2.31. The van der Waals surface area contributed by atoms with Gasteiger partial charge in [-0.25, -0.2) is 4.39 Å². The third-order valence-corrected chi connectivity index (χ3v) is 4.70. The Morgan fingerprint density at radius 3 is 3.00 bits per heavy atom. The molecular formula is C19H24FN3O2. The molecule has 134 valence electrons. The van der Waals surface area contributed by atoms with Crippen LogP contribution < -0.4 is 5.32 Å². The SMILES string of the molecule is CC(C)[C@H]1C[C@@H](CC(=O)Nc2cn[nH]c2-c2ccccc2F)CCO1. The summed E-state index contributed by atoms with van der Waals surface area (Å²) in [6, 6.07) is 6.42. The van der Waals surface area contributed by atoms with Crippen LogP contribution in [0.2, 0.25) is 0 Å². The maximum Gasteiger partial charge on any atom is 0.224 e. The molecule has 1 aliphatic rings. The largest absolute Gasteiger partial charge is 0.378 e. The molecule has 1 saturated heterocycles. The number of rotatable bonds is 5. The molecule has 25 heavy (non-hydrogen) atoms. The molecule has 0 radical (unpaired) electrons. The number of ether oxygens (including phenoxy) is 1. The zero-order chi connectivity index (χ0) is 17.8. The molecule has 0 spiro atoms. The van der Waals surface area contributed by atoms with E-state index in [2.05, 4.69) is 29.4 Å². The van der Waals surface area contributed by atoms with Crippen molar-refractivity contribution < 1.29 is 13.9 Å². The molecule has 1 aromatic carbocycles. The highest BCUT2D eigenvalue weighted by atomic mass is 19.1. The Bertz CT molecular complexity index is 729. The van der Waals surface area contributed by atoms with E-state index in [9.17, 15) is 9.18 Å². The van der Waals surface area contributed by atoms with Gasteiger partial charge in [-0.1, -0.05) is 26.0 Å². The summed E-state index contributed by atoms with van der Waals surface area (Å²) in [7, 11) is 0. The van der Waals surface area contributed by atoms with Crippen LogP contribution in [0.3, 0.4) is 0 Å². The van der Waals surface area contributed by atoms with E-state index in [1.54, 1.807) is 18.2 Å². The molecule has 5 nitrogen and oxygen atoms in total. The Balaban J connectivity index is 1.65. The first-order chi connectivity index (χ1) is 12.0. The van der Waals surface area contributed by atoms with Gasteiger partial charge >= 0.3 is 0 Å². The van der Waals surface area contributed by atoms with E-state index in [0.717, 1.165) is 12.8 Å². The van der Waals surface area contributed by atoms with Gasteiger partial charge in [-0.2, -0.15) is 5.10 Å². The highest BCUT2D eigenvalue weighted by Gasteiger charge is 2.26. The summed E-state index contributed by atoms with van der Waals surface area (Å²) in [6.07, 6.45) is 3.96. The van der Waals surface area contributed by atoms with E-state index >= 15 is 0 Å². The van der Waals surface area contributed by atoms with Crippen LogP contribution in [0.25, 0.3) is 11.3 Å². The smallest absolute Gasteiger partial charge is 0.224 e. The molecule has 1 fully saturated rings. The average molecular weight is 345 g/mol. The second kappa shape index (κ2) is 7.78. The summed E-state index contributed by atoms with van der Waals surface area (Å²) in [5.41, 5.74) is 1.38. The number of amides is 1. The van der Waals surface area contributed by atoms with Gasteiger partial charge < -0.3 is 10.1 Å². The lowest BCUT2D eigenvalue weighted by Crippen LogP contribution is -2.31. The summed E-state index contributed by atoms with van der Waals surface area (Å²) < 4.78 is 19.7. The van der Waals surface area contributed by atoms with E-state index in [1.807, 2.05) is 0 Å². The Hall–Kier alpha value is -2.21. The minimum absolute atomic E-state index is 0.0756. The van der Waals surface area contributed by atoms with Crippen molar-refractivity contribution in [2.45, 2.75) is 39.2 Å². The number of halogens is 1. The Morgan fingerprint density at radius 2 is 2.24 bits per heavy atom. The predicted octanol–water partition coefficient (Wildman–Crippen LogP) is 4.00. The number of aromatic nitrogens is 2. The van der Waals surface area contributed by atoms with Gasteiger partial charge in [-0.05, 0) is 36.8 Å². The number of nitrogens with one attached hydrogen (secondary N) is 2. The molecule has 0 bridgehead atoms. The first-order valence-electron chi connectivity index (χ1n) is 8.74. The van der Waals surface area contributed by atoms with E-state index in [4.69, 9.17) is 4.74 Å². The first-order valence-corrected chi connectivity index (χ1v) is 8.74. The highest BCUT2D eigenvalue weighted by molar-refractivity contribution is 5.94. The van der Waals surface area contributed by atoms with Crippen molar-refractivity contribution >= 4 is 11.6 Å². The standard InChI is InChI=1S/C19H24FN3O2/c1-12(2)17-9-13(7-8-25-17)10-18(24)22-16-11-21-23-19(16)14-5-3-4-6-15(14)20/h3-6,11-13,17H,7-10H2,1-2H3,(H,21,23)(H,22,24)/t13-,17+/m0/s1. The minimum Gasteiger partial charge on any atom is -0.378 e. The van der Waals surface area contributed by atoms with Crippen LogP contribution in [0, 0.1) is 17.7 Å². The van der Waals surface area contributed by atoms with Gasteiger partial charge in [0.2, 0.25) is 5.91 Å². The number of H-pyrrole nitrogens is 1. The zero-order valence-electron chi connectivity index (χ0n) is 14.6. The number of anilines is 1. The Kier molecular flexibility index (Phi) is 5.48. The van der Waals surface area contributed by atoms with Gasteiger partial charge in [0.25, 0.3) is 0 Å². The fourth-order valence-electron chi connectivity index (χ4n) is 3.26. The van der Waals surface area contributed by atoms with E-state index in [1.165, 1.54) is 12.3 Å². The number of carbonyl (C=O) groups excluding carboxylic acids is 1. The molecule has 1 aromatic heterocycles. The van der Waals surface area contributed by atoms with Crippen molar-refractivity contribution in [2.24, 2.45) is 11.8 Å². The summed E-state index contributed by atoms with van der Waals surface area (Å²) in [4.78, 5) is 12.4. The molecule has 3 rings (SSSR count). The molecule has 1 aliphatic heterocycles. The van der Waals surface area contributed by atoms with Gasteiger partial charge in [0, 0.05) is 18.6 Å². The third kappa shape index (κ3) is 4.25. The zero-order valence-corrected chi connectivity index (χ0v) is 14.6. The van der Waals surface area contributed by atoms with Gasteiger partial charge in [0.1, 0.15) is 5.82 Å². The van der Waals surface area contributed by atoms with Crippen molar-refractivity contribution in [3.8, 4) is 11.3 Å². The van der Waals surface area contributed by atoms with Crippen LogP contribution in [0.15, 0.2) is 30.5 Å². The van der Waals surface area contributed by atoms with E-state index in [-0.39, 0.29) is 17.8 Å². The summed E-state index contributed by atoms with van der Waals surface area (Å²) in [5.74, 6) is 0.331. The average Bonchev–Trinajstić information content (AvgIpc) is 3.03. The van der Waals surface area contributed by atoms with Gasteiger partial charge in [0.05, 0.1) is 23.7 Å². The fourth-order valence-corrected chi connectivity index (χ4v) is 3.26. The molecule has 0 saturated carbocycles. The summed E-state index contributed by atoms with van der Waals surface area (Å²) in [5, 5.41) is 9.58. The minimum atomic E-state index is -0.355. The number of benzene rings is 1. The maximum atomic E-state index is 14.0.